The standard InChI is InChI=1S/C18H29N5O2.ClH/c1-14(2)21-18(25)22-16-6-4-15(5-7-16)17(24)20-8-3-11-23-12-9-19-10-13-23;/h4-7,14,19H,3,8-13H2,1-2H3,(H,20,24)(H2,21,22,25);1H. The van der Waals surface area contributed by atoms with Crippen molar-refractivity contribution in [2.24, 2.45) is 0 Å². The normalized spacial score (nSPS) is 14.4. The third kappa shape index (κ3) is 8.03. The van der Waals surface area contributed by atoms with E-state index in [-0.39, 0.29) is 30.4 Å². The van der Waals surface area contributed by atoms with E-state index < -0.39 is 0 Å². The number of nitrogens with one attached hydrogen (secondary N) is 4. The van der Waals surface area contributed by atoms with Gasteiger partial charge in [0.1, 0.15) is 0 Å². The number of benzene rings is 1. The summed E-state index contributed by atoms with van der Waals surface area (Å²) in [6.45, 7) is 9.71. The van der Waals surface area contributed by atoms with Gasteiger partial charge in [0.2, 0.25) is 0 Å². The van der Waals surface area contributed by atoms with Crippen LogP contribution in [0.25, 0.3) is 0 Å². The molecule has 0 saturated carbocycles. The molecule has 3 amide bonds. The third-order valence-corrected chi connectivity index (χ3v) is 3.97. The van der Waals surface area contributed by atoms with Crippen molar-refractivity contribution < 1.29 is 9.59 Å². The lowest BCUT2D eigenvalue weighted by Gasteiger charge is -2.27. The molecule has 1 aliphatic heterocycles. The molecule has 1 saturated heterocycles. The molecule has 1 heterocycles. The van der Waals surface area contributed by atoms with Crippen LogP contribution < -0.4 is 21.3 Å². The third-order valence-electron chi connectivity index (χ3n) is 3.97. The molecule has 0 aromatic heterocycles. The molecule has 1 aliphatic rings. The minimum Gasteiger partial charge on any atom is -0.352 e. The summed E-state index contributed by atoms with van der Waals surface area (Å²) in [5.41, 5.74) is 1.25. The Morgan fingerprint density at radius 2 is 1.81 bits per heavy atom. The second-order valence-electron chi connectivity index (χ2n) is 6.53. The van der Waals surface area contributed by atoms with Crippen LogP contribution in [0.2, 0.25) is 0 Å². The lowest BCUT2D eigenvalue weighted by atomic mass is 10.2. The van der Waals surface area contributed by atoms with Crippen molar-refractivity contribution in [1.29, 1.82) is 0 Å². The molecule has 0 unspecified atom stereocenters. The Balaban J connectivity index is 0.00000338. The zero-order valence-corrected chi connectivity index (χ0v) is 16.3. The summed E-state index contributed by atoms with van der Waals surface area (Å²) in [5.74, 6) is -0.0847. The summed E-state index contributed by atoms with van der Waals surface area (Å²) < 4.78 is 0. The molecule has 4 N–H and O–H groups in total. The number of rotatable bonds is 7. The first kappa shape index (κ1) is 22.2. The fourth-order valence-electron chi connectivity index (χ4n) is 2.68. The maximum absolute atomic E-state index is 12.1. The predicted molar refractivity (Wildman–Crippen MR) is 107 cm³/mol. The highest BCUT2D eigenvalue weighted by molar-refractivity contribution is 5.95. The summed E-state index contributed by atoms with van der Waals surface area (Å²) in [7, 11) is 0. The van der Waals surface area contributed by atoms with Crippen LogP contribution in [0, 0.1) is 0 Å². The fourth-order valence-corrected chi connectivity index (χ4v) is 2.68. The van der Waals surface area contributed by atoms with Gasteiger partial charge in [-0.25, -0.2) is 4.79 Å². The first-order chi connectivity index (χ1) is 12.0. The van der Waals surface area contributed by atoms with Gasteiger partial charge >= 0.3 is 6.03 Å². The topological polar surface area (TPSA) is 85.5 Å². The molecule has 0 atom stereocenters. The van der Waals surface area contributed by atoms with Gasteiger partial charge in [-0.1, -0.05) is 0 Å². The molecule has 8 heteroatoms. The molecule has 146 valence electrons. The minimum absolute atomic E-state index is 0. The van der Waals surface area contributed by atoms with Crippen molar-refractivity contribution in [3.8, 4) is 0 Å². The molecule has 0 spiro atoms. The maximum atomic E-state index is 12.1. The molecule has 7 nitrogen and oxygen atoms in total. The van der Waals surface area contributed by atoms with Crippen LogP contribution in [-0.4, -0.2) is 62.1 Å². The monoisotopic (exact) mass is 383 g/mol. The van der Waals surface area contributed by atoms with Crippen LogP contribution >= 0.6 is 12.4 Å². The highest BCUT2D eigenvalue weighted by Crippen LogP contribution is 2.09. The molecule has 0 bridgehead atoms. The smallest absolute Gasteiger partial charge is 0.319 e. The van der Waals surface area contributed by atoms with Crippen LogP contribution in [-0.2, 0) is 0 Å². The van der Waals surface area contributed by atoms with Gasteiger partial charge < -0.3 is 26.2 Å². The van der Waals surface area contributed by atoms with Gasteiger partial charge in [-0.15, -0.1) is 12.4 Å². The first-order valence-electron chi connectivity index (χ1n) is 8.93. The Hall–Kier alpha value is -1.83. The average molecular weight is 384 g/mol. The van der Waals surface area contributed by atoms with E-state index in [1.165, 1.54) is 0 Å². The fraction of sp³-hybridized carbons (Fsp3) is 0.556. The van der Waals surface area contributed by atoms with Gasteiger partial charge in [0, 0.05) is 50.0 Å². The lowest BCUT2D eigenvalue weighted by molar-refractivity contribution is 0.0951. The molecule has 26 heavy (non-hydrogen) atoms. The summed E-state index contributed by atoms with van der Waals surface area (Å²) in [5, 5.41) is 11.8. The zero-order valence-electron chi connectivity index (χ0n) is 15.5. The zero-order chi connectivity index (χ0) is 18.1. The van der Waals surface area contributed by atoms with Crippen LogP contribution in [0.3, 0.4) is 0 Å². The summed E-state index contributed by atoms with van der Waals surface area (Å²) in [6, 6.07) is 6.73. The Kier molecular flexibility index (Phi) is 10.0. The van der Waals surface area contributed by atoms with E-state index in [0.29, 0.717) is 17.8 Å². The number of urea groups is 1. The number of nitrogens with zero attached hydrogens (tertiary/aromatic N) is 1. The largest absolute Gasteiger partial charge is 0.352 e. The van der Waals surface area contributed by atoms with Crippen molar-refractivity contribution in [3.63, 3.8) is 0 Å². The molecule has 1 aromatic carbocycles. The Morgan fingerprint density at radius 1 is 1.15 bits per heavy atom. The Morgan fingerprint density at radius 3 is 2.42 bits per heavy atom. The van der Waals surface area contributed by atoms with Gasteiger partial charge in [0.05, 0.1) is 0 Å². The van der Waals surface area contributed by atoms with Gasteiger partial charge in [-0.3, -0.25) is 4.79 Å². The van der Waals surface area contributed by atoms with Gasteiger partial charge in [0.15, 0.2) is 0 Å². The van der Waals surface area contributed by atoms with E-state index >= 15 is 0 Å². The van der Waals surface area contributed by atoms with E-state index in [1.54, 1.807) is 24.3 Å². The Bertz CT molecular complexity index is 559. The van der Waals surface area contributed by atoms with Crippen LogP contribution in [0.4, 0.5) is 10.5 Å². The van der Waals surface area contributed by atoms with Crippen LogP contribution in [0.1, 0.15) is 30.6 Å². The number of hydrogen-bond donors (Lipinski definition) is 4. The summed E-state index contributed by atoms with van der Waals surface area (Å²) >= 11 is 0. The van der Waals surface area contributed by atoms with Crippen molar-refractivity contribution in [3.05, 3.63) is 29.8 Å². The average Bonchev–Trinajstić information content (AvgIpc) is 2.59. The first-order valence-corrected chi connectivity index (χ1v) is 8.93. The molecule has 2 rings (SSSR count). The molecular weight excluding hydrogens is 354 g/mol. The number of carbonyl (C=O) groups excluding carboxylic acids is 2. The number of halogens is 1. The van der Waals surface area contributed by atoms with Crippen molar-refractivity contribution >= 4 is 30.0 Å². The molecule has 0 aliphatic carbocycles. The second-order valence-corrected chi connectivity index (χ2v) is 6.53. The van der Waals surface area contributed by atoms with Crippen LogP contribution in [0.15, 0.2) is 24.3 Å². The van der Waals surface area contributed by atoms with E-state index in [0.717, 1.165) is 39.1 Å². The number of carbonyl (C=O) groups is 2. The summed E-state index contributed by atoms with van der Waals surface area (Å²) in [6.07, 6.45) is 0.945. The number of anilines is 1. The van der Waals surface area contributed by atoms with Gasteiger partial charge in [-0.05, 0) is 51.1 Å². The van der Waals surface area contributed by atoms with Crippen molar-refractivity contribution in [2.75, 3.05) is 44.6 Å². The molecular formula is C18H30ClN5O2. The SMILES string of the molecule is CC(C)NC(=O)Nc1ccc(C(=O)NCCCN2CCNCC2)cc1.Cl. The second kappa shape index (κ2) is 11.7. The number of hydrogen-bond acceptors (Lipinski definition) is 4. The lowest BCUT2D eigenvalue weighted by Crippen LogP contribution is -2.44. The highest BCUT2D eigenvalue weighted by Gasteiger charge is 2.10. The number of amides is 3. The maximum Gasteiger partial charge on any atom is 0.319 e. The van der Waals surface area contributed by atoms with Crippen molar-refractivity contribution in [2.45, 2.75) is 26.3 Å². The quantitative estimate of drug-likeness (QED) is 0.539. The molecule has 0 radical (unpaired) electrons. The van der Waals surface area contributed by atoms with E-state index in [2.05, 4.69) is 26.2 Å². The van der Waals surface area contributed by atoms with E-state index in [9.17, 15) is 9.59 Å². The van der Waals surface area contributed by atoms with E-state index in [4.69, 9.17) is 0 Å². The number of piperazine rings is 1. The van der Waals surface area contributed by atoms with Crippen molar-refractivity contribution in [1.82, 2.24) is 20.9 Å². The van der Waals surface area contributed by atoms with Gasteiger partial charge in [0.25, 0.3) is 5.91 Å². The predicted octanol–water partition coefficient (Wildman–Crippen LogP) is 1.66. The Labute approximate surface area is 161 Å². The van der Waals surface area contributed by atoms with E-state index in [1.807, 2.05) is 13.8 Å². The van der Waals surface area contributed by atoms with Crippen LogP contribution in [0.5, 0.6) is 0 Å². The molecule has 1 aromatic rings. The van der Waals surface area contributed by atoms with Gasteiger partial charge in [-0.2, -0.15) is 0 Å². The highest BCUT2D eigenvalue weighted by atomic mass is 35.5. The summed E-state index contributed by atoms with van der Waals surface area (Å²) in [4.78, 5) is 26.2. The minimum atomic E-state index is -0.250. The molecule has 1 fully saturated rings.